The molecule has 1 saturated heterocycles. The number of hydrogen-bond acceptors (Lipinski definition) is 1. The van der Waals surface area contributed by atoms with Gasteiger partial charge in [-0.25, -0.2) is 0 Å². The quantitative estimate of drug-likeness (QED) is 0.788. The maximum Gasteiger partial charge on any atom is 0.119 e. The van der Waals surface area contributed by atoms with Crippen molar-refractivity contribution in [2.75, 3.05) is 26.2 Å². The van der Waals surface area contributed by atoms with Crippen LogP contribution in [0.4, 0.5) is 0 Å². The summed E-state index contributed by atoms with van der Waals surface area (Å²) in [7, 11) is 0. The lowest BCUT2D eigenvalue weighted by Crippen LogP contribution is -3.12. The zero-order chi connectivity index (χ0) is 12.8. The van der Waals surface area contributed by atoms with E-state index in [4.69, 9.17) is 4.74 Å². The van der Waals surface area contributed by atoms with E-state index in [0.29, 0.717) is 0 Å². The SMILES string of the molecule is Cc1ccc(OCCC[NH+]2CCCCC2)cc1C. The van der Waals surface area contributed by atoms with Crippen molar-refractivity contribution in [3.05, 3.63) is 29.3 Å². The van der Waals surface area contributed by atoms with Gasteiger partial charge in [-0.3, -0.25) is 0 Å². The Balaban J connectivity index is 1.66. The molecule has 0 aliphatic carbocycles. The molecular formula is C16H26NO+. The second-order valence-electron chi connectivity index (χ2n) is 5.51. The molecule has 18 heavy (non-hydrogen) atoms. The predicted octanol–water partition coefficient (Wildman–Crippen LogP) is 2.14. The van der Waals surface area contributed by atoms with Gasteiger partial charge in [0.05, 0.1) is 26.2 Å². The highest BCUT2D eigenvalue weighted by Gasteiger charge is 2.12. The van der Waals surface area contributed by atoms with E-state index in [1.165, 1.54) is 56.4 Å². The van der Waals surface area contributed by atoms with Gasteiger partial charge >= 0.3 is 0 Å². The maximum atomic E-state index is 5.82. The summed E-state index contributed by atoms with van der Waals surface area (Å²) in [6.45, 7) is 9.13. The summed E-state index contributed by atoms with van der Waals surface area (Å²) in [4.78, 5) is 1.77. The first-order chi connectivity index (χ1) is 8.75. The Kier molecular flexibility index (Phi) is 5.06. The zero-order valence-electron chi connectivity index (χ0n) is 11.8. The van der Waals surface area contributed by atoms with Crippen molar-refractivity contribution >= 4 is 0 Å². The number of piperidine rings is 1. The van der Waals surface area contributed by atoms with Crippen LogP contribution in [0, 0.1) is 13.8 Å². The maximum absolute atomic E-state index is 5.82. The van der Waals surface area contributed by atoms with Crippen LogP contribution in [0.1, 0.15) is 36.8 Å². The smallest absolute Gasteiger partial charge is 0.119 e. The Hall–Kier alpha value is -1.02. The van der Waals surface area contributed by atoms with E-state index in [1.807, 2.05) is 0 Å². The van der Waals surface area contributed by atoms with E-state index in [2.05, 4.69) is 32.0 Å². The van der Waals surface area contributed by atoms with Gasteiger partial charge in [-0.2, -0.15) is 0 Å². The lowest BCUT2D eigenvalue weighted by molar-refractivity contribution is -0.905. The summed E-state index contributed by atoms with van der Waals surface area (Å²) in [5.74, 6) is 1.02. The summed E-state index contributed by atoms with van der Waals surface area (Å²) in [5, 5.41) is 0. The first kappa shape index (κ1) is 13.4. The molecule has 1 N–H and O–H groups in total. The average molecular weight is 248 g/mol. The molecule has 0 saturated carbocycles. The fourth-order valence-corrected chi connectivity index (χ4v) is 2.62. The molecule has 1 aromatic rings. The lowest BCUT2D eigenvalue weighted by atomic mass is 10.1. The molecule has 0 atom stereocenters. The second kappa shape index (κ2) is 6.79. The van der Waals surface area contributed by atoms with Gasteiger partial charge in [0.2, 0.25) is 0 Å². The first-order valence-corrected chi connectivity index (χ1v) is 7.29. The van der Waals surface area contributed by atoms with Gasteiger partial charge in [-0.05, 0) is 56.4 Å². The molecule has 0 spiro atoms. The van der Waals surface area contributed by atoms with Crippen molar-refractivity contribution in [2.45, 2.75) is 39.5 Å². The minimum atomic E-state index is 0.853. The van der Waals surface area contributed by atoms with Crippen LogP contribution in [0.15, 0.2) is 18.2 Å². The molecule has 0 bridgehead atoms. The number of hydrogen-bond donors (Lipinski definition) is 1. The van der Waals surface area contributed by atoms with Crippen molar-refractivity contribution in [1.29, 1.82) is 0 Å². The van der Waals surface area contributed by atoms with Gasteiger partial charge in [0.25, 0.3) is 0 Å². The van der Waals surface area contributed by atoms with Crippen molar-refractivity contribution < 1.29 is 9.64 Å². The van der Waals surface area contributed by atoms with E-state index in [0.717, 1.165) is 12.4 Å². The third kappa shape index (κ3) is 4.02. The number of nitrogens with one attached hydrogen (secondary N) is 1. The molecule has 2 heteroatoms. The third-order valence-electron chi connectivity index (χ3n) is 3.98. The average Bonchev–Trinajstić information content (AvgIpc) is 2.40. The highest BCUT2D eigenvalue weighted by atomic mass is 16.5. The fraction of sp³-hybridized carbons (Fsp3) is 0.625. The monoisotopic (exact) mass is 248 g/mol. The minimum absolute atomic E-state index is 0.853. The van der Waals surface area contributed by atoms with Crippen LogP contribution in [0.25, 0.3) is 0 Å². The predicted molar refractivity (Wildman–Crippen MR) is 75.4 cm³/mol. The van der Waals surface area contributed by atoms with Crippen LogP contribution >= 0.6 is 0 Å². The minimum Gasteiger partial charge on any atom is -0.493 e. The lowest BCUT2D eigenvalue weighted by Gasteiger charge is -2.23. The summed E-state index contributed by atoms with van der Waals surface area (Å²) in [6.07, 6.45) is 5.42. The van der Waals surface area contributed by atoms with Crippen molar-refractivity contribution in [3.8, 4) is 5.75 Å². The van der Waals surface area contributed by atoms with Crippen LogP contribution in [0.5, 0.6) is 5.75 Å². The van der Waals surface area contributed by atoms with Crippen LogP contribution in [-0.4, -0.2) is 26.2 Å². The van der Waals surface area contributed by atoms with Gasteiger partial charge in [0, 0.05) is 6.42 Å². The van der Waals surface area contributed by atoms with Gasteiger partial charge < -0.3 is 9.64 Å². The topological polar surface area (TPSA) is 13.7 Å². The molecule has 1 heterocycles. The Bertz CT molecular complexity index is 369. The molecule has 1 aliphatic rings. The largest absolute Gasteiger partial charge is 0.493 e. The number of quaternary nitrogens is 1. The molecule has 2 rings (SSSR count). The van der Waals surface area contributed by atoms with Crippen LogP contribution in [-0.2, 0) is 0 Å². The molecule has 1 fully saturated rings. The van der Waals surface area contributed by atoms with Crippen molar-refractivity contribution in [2.24, 2.45) is 0 Å². The van der Waals surface area contributed by atoms with Crippen LogP contribution in [0.3, 0.4) is 0 Å². The molecule has 1 aliphatic heterocycles. The molecular weight excluding hydrogens is 222 g/mol. The highest BCUT2D eigenvalue weighted by Crippen LogP contribution is 2.16. The van der Waals surface area contributed by atoms with E-state index in [9.17, 15) is 0 Å². The molecule has 1 aromatic carbocycles. The summed E-state index contributed by atoms with van der Waals surface area (Å²) in [6, 6.07) is 6.36. The third-order valence-corrected chi connectivity index (χ3v) is 3.98. The number of ether oxygens (including phenoxy) is 1. The summed E-state index contributed by atoms with van der Waals surface area (Å²) >= 11 is 0. The van der Waals surface area contributed by atoms with Crippen LogP contribution < -0.4 is 9.64 Å². The molecule has 2 nitrogen and oxygen atoms in total. The molecule has 0 aromatic heterocycles. The normalized spacial score (nSPS) is 16.8. The highest BCUT2D eigenvalue weighted by molar-refractivity contribution is 5.33. The van der Waals surface area contributed by atoms with Gasteiger partial charge in [-0.15, -0.1) is 0 Å². The number of benzene rings is 1. The fourth-order valence-electron chi connectivity index (χ4n) is 2.62. The summed E-state index contributed by atoms with van der Waals surface area (Å²) in [5.41, 5.74) is 2.65. The number of rotatable bonds is 5. The number of likely N-dealkylation sites (tertiary alicyclic amines) is 1. The Morgan fingerprint density at radius 3 is 2.56 bits per heavy atom. The van der Waals surface area contributed by atoms with E-state index in [1.54, 1.807) is 4.90 Å². The standard InChI is InChI=1S/C16H25NO/c1-14-7-8-16(13-15(14)2)18-12-6-11-17-9-4-3-5-10-17/h7-8,13H,3-6,9-12H2,1-2H3/p+1. The Morgan fingerprint density at radius 2 is 1.83 bits per heavy atom. The number of aryl methyl sites for hydroxylation is 2. The summed E-state index contributed by atoms with van der Waals surface area (Å²) < 4.78 is 5.82. The Labute approximate surface area is 111 Å². The van der Waals surface area contributed by atoms with Crippen molar-refractivity contribution in [1.82, 2.24) is 0 Å². The van der Waals surface area contributed by atoms with Gasteiger partial charge in [-0.1, -0.05) is 6.07 Å². The van der Waals surface area contributed by atoms with E-state index in [-0.39, 0.29) is 0 Å². The Morgan fingerprint density at radius 1 is 1.06 bits per heavy atom. The van der Waals surface area contributed by atoms with E-state index >= 15 is 0 Å². The van der Waals surface area contributed by atoms with Gasteiger partial charge in [0.15, 0.2) is 0 Å². The first-order valence-electron chi connectivity index (χ1n) is 7.29. The zero-order valence-corrected chi connectivity index (χ0v) is 11.8. The van der Waals surface area contributed by atoms with Crippen molar-refractivity contribution in [3.63, 3.8) is 0 Å². The van der Waals surface area contributed by atoms with E-state index < -0.39 is 0 Å². The molecule has 0 unspecified atom stereocenters. The molecule has 100 valence electrons. The van der Waals surface area contributed by atoms with Crippen LogP contribution in [0.2, 0.25) is 0 Å². The molecule has 0 amide bonds. The molecule has 0 radical (unpaired) electrons. The van der Waals surface area contributed by atoms with Gasteiger partial charge in [0.1, 0.15) is 5.75 Å². The second-order valence-corrected chi connectivity index (χ2v) is 5.51.